The Balaban J connectivity index is 0.000000475. The topological polar surface area (TPSA) is 120 Å². The molecule has 1 saturated carbocycles. The Morgan fingerprint density at radius 1 is 0.705 bits per heavy atom. The van der Waals surface area contributed by atoms with Gasteiger partial charge in [0.1, 0.15) is 11.5 Å². The number of hydrogen-bond donors (Lipinski definition) is 3. The Kier molecular flexibility index (Phi) is 13.0. The minimum absolute atomic E-state index is 0. The molecule has 0 aromatic heterocycles. The van der Waals surface area contributed by atoms with Crippen molar-refractivity contribution in [1.29, 1.82) is 0 Å². The van der Waals surface area contributed by atoms with E-state index in [1.807, 2.05) is 31.2 Å². The molecule has 1 aliphatic rings. The molecular formula is C35H46CoN2O5S. The first-order chi connectivity index (χ1) is 19.9. The normalized spacial score (nSPS) is 17.6. The number of aryl methyl sites for hydroxylation is 1. The summed E-state index contributed by atoms with van der Waals surface area (Å²) < 4.78 is 29.6. The van der Waals surface area contributed by atoms with Crippen LogP contribution >= 0.6 is 0 Å². The maximum Gasteiger partial charge on any atom is 0.294 e. The van der Waals surface area contributed by atoms with Gasteiger partial charge in [0.05, 0.1) is 17.0 Å². The molecule has 1 radical (unpaired) electrons. The van der Waals surface area contributed by atoms with Gasteiger partial charge in [-0.05, 0) is 78.1 Å². The molecule has 0 saturated heterocycles. The van der Waals surface area contributed by atoms with Crippen LogP contribution in [0.3, 0.4) is 0 Å². The fourth-order valence-corrected chi connectivity index (χ4v) is 5.23. The molecule has 0 bridgehead atoms. The van der Waals surface area contributed by atoms with Crippen LogP contribution in [0.25, 0.3) is 0 Å². The fourth-order valence-electron chi connectivity index (χ4n) is 4.75. The number of hydrogen-bond acceptors (Lipinski definition) is 6. The van der Waals surface area contributed by atoms with Crippen LogP contribution in [0.4, 0.5) is 0 Å². The second-order valence-corrected chi connectivity index (χ2v) is 14.7. The number of aromatic hydroxyl groups is 2. The van der Waals surface area contributed by atoms with Crippen molar-refractivity contribution in [2.75, 3.05) is 0 Å². The van der Waals surface area contributed by atoms with Crippen molar-refractivity contribution >= 4 is 22.5 Å². The van der Waals surface area contributed by atoms with Crippen LogP contribution in [0.2, 0.25) is 0 Å². The van der Waals surface area contributed by atoms with Crippen LogP contribution in [0.15, 0.2) is 75.5 Å². The van der Waals surface area contributed by atoms with Gasteiger partial charge < -0.3 is 10.2 Å². The van der Waals surface area contributed by atoms with Crippen molar-refractivity contribution in [3.63, 3.8) is 0 Å². The molecule has 4 rings (SSSR count). The second-order valence-electron chi connectivity index (χ2n) is 13.3. The third-order valence-electron chi connectivity index (χ3n) is 7.61. The number of aliphatic imine (C=N–C) groups is 2. The standard InChI is InChI=1S/C28H38N2O2.C7H8O3S.Co/c1-27(2,3)21-11-13-25(31)19(15-21)17-29-23-9-7-8-10-24(23)30-18-20-16-22(28(4,5)6)12-14-26(20)32;1-6-2-4-7(5-3-6)11(8,9)10;/h11-18,23-24,31-32H,7-10H2,1-6H3;2-5H,1H3,(H,8,9,10);/t23-,24-;;/m1../s1. The van der Waals surface area contributed by atoms with E-state index in [4.69, 9.17) is 14.5 Å². The summed E-state index contributed by atoms with van der Waals surface area (Å²) in [7, 11) is -4.02. The first-order valence-corrected chi connectivity index (χ1v) is 16.2. The van der Waals surface area contributed by atoms with E-state index in [0.29, 0.717) is 0 Å². The Hall–Kier alpha value is -2.98. The van der Waals surface area contributed by atoms with Crippen LogP contribution in [0.1, 0.15) is 95.0 Å². The molecule has 2 atom stereocenters. The molecule has 7 nitrogen and oxygen atoms in total. The molecule has 3 aromatic carbocycles. The Morgan fingerprint density at radius 3 is 1.43 bits per heavy atom. The van der Waals surface area contributed by atoms with Gasteiger partial charge in [-0.1, -0.05) is 84.2 Å². The average molecular weight is 666 g/mol. The molecule has 0 heterocycles. The molecular weight excluding hydrogens is 619 g/mol. The molecule has 0 amide bonds. The summed E-state index contributed by atoms with van der Waals surface area (Å²) in [4.78, 5) is 9.63. The van der Waals surface area contributed by atoms with Gasteiger partial charge in [-0.2, -0.15) is 8.42 Å². The zero-order valence-corrected chi connectivity index (χ0v) is 28.6. The van der Waals surface area contributed by atoms with Gasteiger partial charge in [0.25, 0.3) is 10.1 Å². The summed E-state index contributed by atoms with van der Waals surface area (Å²) in [6.07, 6.45) is 7.83. The molecule has 1 fully saturated rings. The molecule has 0 aliphatic heterocycles. The maximum atomic E-state index is 10.5. The number of nitrogens with zero attached hydrogens (tertiary/aromatic N) is 2. The van der Waals surface area contributed by atoms with E-state index in [0.717, 1.165) is 42.4 Å². The summed E-state index contributed by atoms with van der Waals surface area (Å²) in [6, 6.07) is 17.6. The second kappa shape index (κ2) is 15.3. The average Bonchev–Trinajstić information content (AvgIpc) is 2.91. The predicted octanol–water partition coefficient (Wildman–Crippen LogP) is 7.78. The molecule has 241 valence electrons. The quantitative estimate of drug-likeness (QED) is 0.190. The SMILES string of the molecule is CC(C)(C)c1ccc(O)c(C=N[C@@H]2CCCC[C@H]2N=Cc2cc(C(C)(C)C)ccc2O)c1.Cc1ccc(S(=O)(=O)O)cc1.[Co]. The zero-order chi connectivity index (χ0) is 32.0. The molecule has 44 heavy (non-hydrogen) atoms. The van der Waals surface area contributed by atoms with Gasteiger partial charge >= 0.3 is 0 Å². The van der Waals surface area contributed by atoms with Gasteiger partial charge in [0, 0.05) is 40.3 Å². The Morgan fingerprint density at radius 2 is 1.09 bits per heavy atom. The van der Waals surface area contributed by atoms with Crippen LogP contribution in [0, 0.1) is 6.92 Å². The summed E-state index contributed by atoms with van der Waals surface area (Å²) >= 11 is 0. The fraction of sp³-hybridized carbons (Fsp3) is 0.429. The molecule has 9 heteroatoms. The van der Waals surface area contributed by atoms with Crippen molar-refractivity contribution in [2.45, 2.75) is 102 Å². The van der Waals surface area contributed by atoms with Gasteiger partial charge in [-0.3, -0.25) is 14.5 Å². The third kappa shape index (κ3) is 10.9. The van der Waals surface area contributed by atoms with E-state index < -0.39 is 10.1 Å². The van der Waals surface area contributed by atoms with Crippen LogP contribution in [-0.2, 0) is 37.7 Å². The van der Waals surface area contributed by atoms with E-state index in [1.165, 1.54) is 23.3 Å². The summed E-state index contributed by atoms with van der Waals surface area (Å²) in [5.41, 5.74) is 4.82. The van der Waals surface area contributed by atoms with E-state index in [2.05, 4.69) is 41.5 Å². The van der Waals surface area contributed by atoms with Crippen molar-refractivity contribution in [3.05, 3.63) is 88.5 Å². The van der Waals surface area contributed by atoms with E-state index >= 15 is 0 Å². The van der Waals surface area contributed by atoms with Crippen molar-refractivity contribution in [1.82, 2.24) is 0 Å². The van der Waals surface area contributed by atoms with E-state index in [-0.39, 0.29) is 56.1 Å². The molecule has 1 aliphatic carbocycles. The third-order valence-corrected chi connectivity index (χ3v) is 8.48. The van der Waals surface area contributed by atoms with Gasteiger partial charge in [0.15, 0.2) is 0 Å². The zero-order valence-electron chi connectivity index (χ0n) is 26.7. The van der Waals surface area contributed by atoms with Crippen LogP contribution < -0.4 is 0 Å². The predicted molar refractivity (Wildman–Crippen MR) is 176 cm³/mol. The summed E-state index contributed by atoms with van der Waals surface area (Å²) in [6.45, 7) is 14.8. The monoisotopic (exact) mass is 665 g/mol. The molecule has 0 unspecified atom stereocenters. The number of phenols is 2. The van der Waals surface area contributed by atoms with Crippen molar-refractivity contribution in [2.24, 2.45) is 9.98 Å². The summed E-state index contributed by atoms with van der Waals surface area (Å²) in [5, 5.41) is 20.6. The first kappa shape index (κ1) is 37.2. The Bertz CT molecular complexity index is 1470. The number of rotatable bonds is 5. The van der Waals surface area contributed by atoms with Gasteiger partial charge in [-0.25, -0.2) is 0 Å². The van der Waals surface area contributed by atoms with Crippen molar-refractivity contribution < 1.29 is 40.0 Å². The van der Waals surface area contributed by atoms with Gasteiger partial charge in [0.2, 0.25) is 0 Å². The first-order valence-electron chi connectivity index (χ1n) is 14.7. The number of phenolic OH excluding ortho intramolecular Hbond substituents is 2. The minimum Gasteiger partial charge on any atom is -0.507 e. The van der Waals surface area contributed by atoms with E-state index in [9.17, 15) is 18.6 Å². The maximum absolute atomic E-state index is 10.5. The number of benzene rings is 3. The van der Waals surface area contributed by atoms with E-state index in [1.54, 1.807) is 36.7 Å². The molecule has 3 aromatic rings. The molecule has 0 spiro atoms. The largest absolute Gasteiger partial charge is 0.507 e. The van der Waals surface area contributed by atoms with Gasteiger partial charge in [-0.15, -0.1) is 0 Å². The Labute approximate surface area is 273 Å². The van der Waals surface area contributed by atoms with Crippen LogP contribution in [0.5, 0.6) is 11.5 Å². The molecule has 3 N–H and O–H groups in total. The smallest absolute Gasteiger partial charge is 0.294 e. The summed E-state index contributed by atoms with van der Waals surface area (Å²) in [5.74, 6) is 0.503. The van der Waals surface area contributed by atoms with Crippen molar-refractivity contribution in [3.8, 4) is 11.5 Å². The van der Waals surface area contributed by atoms with Crippen LogP contribution in [-0.4, -0.2) is 47.7 Å². The minimum atomic E-state index is -4.02.